The number of unbranched alkanes of at least 4 members (excludes halogenated alkanes) is 4. The van der Waals surface area contributed by atoms with Crippen molar-refractivity contribution in [1.29, 1.82) is 0 Å². The summed E-state index contributed by atoms with van der Waals surface area (Å²) in [6.07, 6.45) is 12.3. The molecule has 2 atom stereocenters. The highest BCUT2D eigenvalue weighted by molar-refractivity contribution is 5.39. The Morgan fingerprint density at radius 3 is 2.71 bits per heavy atom. The van der Waals surface area contributed by atoms with Crippen molar-refractivity contribution in [2.45, 2.75) is 96.4 Å². The van der Waals surface area contributed by atoms with Gasteiger partial charge in [-0.15, -0.1) is 0 Å². The first kappa shape index (κ1) is 19.3. The molecule has 0 saturated heterocycles. The van der Waals surface area contributed by atoms with E-state index >= 15 is 0 Å². The fourth-order valence-corrected chi connectivity index (χ4v) is 3.80. The average Bonchev–Trinajstić information content (AvgIpc) is 2.58. The molecule has 0 aliphatic heterocycles. The van der Waals surface area contributed by atoms with Gasteiger partial charge in [0.25, 0.3) is 0 Å². The zero-order valence-electron chi connectivity index (χ0n) is 16.1. The summed E-state index contributed by atoms with van der Waals surface area (Å²) in [4.78, 5) is 0. The molecule has 0 fully saturated rings. The van der Waals surface area contributed by atoms with Crippen LogP contribution in [0.4, 0.5) is 0 Å². The second-order valence-electron chi connectivity index (χ2n) is 7.92. The SMILES string of the molecule is CCCCCCCOc1ccc2c(c1)CCC[C@@H]2C[C@@](C)(N)CC. The molecule has 1 aliphatic carbocycles. The molecule has 136 valence electrons. The van der Waals surface area contributed by atoms with Crippen LogP contribution in [0.1, 0.15) is 95.6 Å². The summed E-state index contributed by atoms with van der Waals surface area (Å²) in [5, 5.41) is 0. The summed E-state index contributed by atoms with van der Waals surface area (Å²) in [6, 6.07) is 6.76. The fourth-order valence-electron chi connectivity index (χ4n) is 3.80. The van der Waals surface area contributed by atoms with Gasteiger partial charge in [-0.05, 0) is 74.6 Å². The van der Waals surface area contributed by atoms with E-state index in [9.17, 15) is 0 Å². The number of nitrogens with two attached hydrogens (primary N) is 1. The molecule has 2 nitrogen and oxygen atoms in total. The van der Waals surface area contributed by atoms with E-state index in [1.54, 1.807) is 0 Å². The molecule has 1 aliphatic rings. The first-order valence-electron chi connectivity index (χ1n) is 10.1. The lowest BCUT2D eigenvalue weighted by atomic mass is 9.76. The van der Waals surface area contributed by atoms with Crippen LogP contribution >= 0.6 is 0 Å². The molecule has 2 N–H and O–H groups in total. The normalized spacial score (nSPS) is 19.6. The van der Waals surface area contributed by atoms with E-state index in [1.165, 1.54) is 62.5 Å². The molecule has 0 spiro atoms. The monoisotopic (exact) mass is 331 g/mol. The Labute approximate surface area is 149 Å². The van der Waals surface area contributed by atoms with Crippen molar-refractivity contribution in [3.05, 3.63) is 29.3 Å². The Kier molecular flexibility index (Phi) is 7.61. The molecule has 24 heavy (non-hydrogen) atoms. The Morgan fingerprint density at radius 1 is 1.17 bits per heavy atom. The summed E-state index contributed by atoms with van der Waals surface area (Å²) in [7, 11) is 0. The first-order chi connectivity index (χ1) is 11.6. The lowest BCUT2D eigenvalue weighted by molar-refractivity contribution is 0.303. The third-order valence-corrected chi connectivity index (χ3v) is 5.59. The van der Waals surface area contributed by atoms with Crippen molar-refractivity contribution >= 4 is 0 Å². The molecule has 2 rings (SSSR count). The van der Waals surface area contributed by atoms with Gasteiger partial charge in [0.2, 0.25) is 0 Å². The maximum atomic E-state index is 6.42. The van der Waals surface area contributed by atoms with Gasteiger partial charge in [0, 0.05) is 5.54 Å². The molecule has 0 bridgehead atoms. The van der Waals surface area contributed by atoms with Crippen molar-refractivity contribution in [2.24, 2.45) is 5.73 Å². The summed E-state index contributed by atoms with van der Waals surface area (Å²) >= 11 is 0. The Balaban J connectivity index is 1.90. The van der Waals surface area contributed by atoms with Gasteiger partial charge < -0.3 is 10.5 Å². The van der Waals surface area contributed by atoms with E-state index in [0.29, 0.717) is 5.92 Å². The molecule has 1 aromatic rings. The maximum absolute atomic E-state index is 6.42. The van der Waals surface area contributed by atoms with Crippen molar-refractivity contribution in [3.63, 3.8) is 0 Å². The Hall–Kier alpha value is -1.02. The number of ether oxygens (including phenoxy) is 1. The minimum atomic E-state index is -0.0487. The van der Waals surface area contributed by atoms with Gasteiger partial charge >= 0.3 is 0 Å². The van der Waals surface area contributed by atoms with E-state index < -0.39 is 0 Å². The second-order valence-corrected chi connectivity index (χ2v) is 7.92. The smallest absolute Gasteiger partial charge is 0.119 e. The van der Waals surface area contributed by atoms with E-state index in [0.717, 1.165) is 25.2 Å². The van der Waals surface area contributed by atoms with Gasteiger partial charge in [-0.25, -0.2) is 0 Å². The summed E-state index contributed by atoms with van der Waals surface area (Å²) < 4.78 is 5.98. The summed E-state index contributed by atoms with van der Waals surface area (Å²) in [5.41, 5.74) is 9.38. The molecule has 0 radical (unpaired) electrons. The van der Waals surface area contributed by atoms with Crippen LogP contribution in [0.3, 0.4) is 0 Å². The lowest BCUT2D eigenvalue weighted by Gasteiger charge is -2.32. The van der Waals surface area contributed by atoms with Gasteiger partial charge in [0.15, 0.2) is 0 Å². The first-order valence-corrected chi connectivity index (χ1v) is 10.1. The van der Waals surface area contributed by atoms with Crippen molar-refractivity contribution in [2.75, 3.05) is 6.61 Å². The number of hydrogen-bond acceptors (Lipinski definition) is 2. The molecule has 0 saturated carbocycles. The molecule has 0 unspecified atom stereocenters. The zero-order chi connectivity index (χ0) is 17.4. The summed E-state index contributed by atoms with van der Waals surface area (Å²) in [6.45, 7) is 7.49. The number of fused-ring (bicyclic) bond motifs is 1. The molecule has 1 aromatic carbocycles. The van der Waals surface area contributed by atoms with Crippen LogP contribution in [0, 0.1) is 0 Å². The average molecular weight is 332 g/mol. The van der Waals surface area contributed by atoms with Gasteiger partial charge in [0.05, 0.1) is 6.61 Å². The van der Waals surface area contributed by atoms with Crippen molar-refractivity contribution < 1.29 is 4.74 Å². The minimum Gasteiger partial charge on any atom is -0.494 e. The molecule has 0 amide bonds. The second kappa shape index (κ2) is 9.46. The third-order valence-electron chi connectivity index (χ3n) is 5.59. The highest BCUT2D eigenvalue weighted by atomic mass is 16.5. The maximum Gasteiger partial charge on any atom is 0.119 e. The van der Waals surface area contributed by atoms with Crippen LogP contribution in [-0.2, 0) is 6.42 Å². The molecular weight excluding hydrogens is 294 g/mol. The molecule has 2 heteroatoms. The molecule has 0 heterocycles. The minimum absolute atomic E-state index is 0.0487. The van der Waals surface area contributed by atoms with E-state index in [-0.39, 0.29) is 5.54 Å². The topological polar surface area (TPSA) is 35.2 Å². The lowest BCUT2D eigenvalue weighted by Crippen LogP contribution is -2.37. The van der Waals surface area contributed by atoms with Gasteiger partial charge in [-0.2, -0.15) is 0 Å². The number of hydrogen-bond donors (Lipinski definition) is 1. The zero-order valence-corrected chi connectivity index (χ0v) is 16.1. The van der Waals surface area contributed by atoms with E-state index in [4.69, 9.17) is 10.5 Å². The van der Waals surface area contributed by atoms with Gasteiger partial charge in [0.1, 0.15) is 5.75 Å². The summed E-state index contributed by atoms with van der Waals surface area (Å²) in [5.74, 6) is 1.67. The van der Waals surface area contributed by atoms with Gasteiger partial charge in [-0.1, -0.05) is 45.6 Å². The fraction of sp³-hybridized carbons (Fsp3) is 0.727. The van der Waals surface area contributed by atoms with Crippen LogP contribution < -0.4 is 10.5 Å². The quantitative estimate of drug-likeness (QED) is 0.536. The highest BCUT2D eigenvalue weighted by Gasteiger charge is 2.27. The molecular formula is C22H37NO. The Bertz CT molecular complexity index is 495. The number of benzene rings is 1. The van der Waals surface area contributed by atoms with E-state index in [2.05, 4.69) is 39.0 Å². The van der Waals surface area contributed by atoms with Crippen LogP contribution in [0.5, 0.6) is 5.75 Å². The number of aryl methyl sites for hydroxylation is 1. The predicted octanol–water partition coefficient (Wildman–Crippen LogP) is 5.97. The van der Waals surface area contributed by atoms with Crippen molar-refractivity contribution in [3.8, 4) is 5.75 Å². The van der Waals surface area contributed by atoms with Crippen LogP contribution in [0.15, 0.2) is 18.2 Å². The Morgan fingerprint density at radius 2 is 1.96 bits per heavy atom. The number of rotatable bonds is 10. The van der Waals surface area contributed by atoms with Crippen LogP contribution in [0.2, 0.25) is 0 Å². The third kappa shape index (κ3) is 5.81. The standard InChI is InChI=1S/C22H37NO/c1-4-6-7-8-9-15-24-20-13-14-21-18(16-20)11-10-12-19(21)17-22(3,23)5-2/h13-14,16,19H,4-12,15,17,23H2,1-3H3/t19-,22+/m1/s1. The van der Waals surface area contributed by atoms with Gasteiger partial charge in [-0.3, -0.25) is 0 Å². The van der Waals surface area contributed by atoms with Crippen LogP contribution in [0.25, 0.3) is 0 Å². The largest absolute Gasteiger partial charge is 0.494 e. The van der Waals surface area contributed by atoms with Crippen molar-refractivity contribution in [1.82, 2.24) is 0 Å². The van der Waals surface area contributed by atoms with E-state index in [1.807, 2.05) is 0 Å². The predicted molar refractivity (Wildman–Crippen MR) is 104 cm³/mol. The van der Waals surface area contributed by atoms with Crippen LogP contribution in [-0.4, -0.2) is 12.1 Å². The highest BCUT2D eigenvalue weighted by Crippen LogP contribution is 2.38. The molecule has 0 aromatic heterocycles.